The van der Waals surface area contributed by atoms with Crippen molar-refractivity contribution < 1.29 is 4.74 Å². The van der Waals surface area contributed by atoms with E-state index in [1.54, 1.807) is 0 Å². The van der Waals surface area contributed by atoms with Gasteiger partial charge < -0.3 is 15.0 Å². The van der Waals surface area contributed by atoms with Crippen LogP contribution < -0.4 is 5.32 Å². The fraction of sp³-hybridized carbons (Fsp3) is 0.917. The van der Waals surface area contributed by atoms with Crippen molar-refractivity contribution in [3.63, 3.8) is 0 Å². The summed E-state index contributed by atoms with van der Waals surface area (Å²) in [7, 11) is 3.96. The smallest absolute Gasteiger partial charge is 0.0962 e. The van der Waals surface area contributed by atoms with Crippen molar-refractivity contribution in [2.45, 2.75) is 25.3 Å². The second kappa shape index (κ2) is 7.61. The molecular formula is C12H23N3O. The molecule has 4 nitrogen and oxygen atoms in total. The molecule has 2 atom stereocenters. The summed E-state index contributed by atoms with van der Waals surface area (Å²) in [5.41, 5.74) is 0. The van der Waals surface area contributed by atoms with E-state index >= 15 is 0 Å². The summed E-state index contributed by atoms with van der Waals surface area (Å²) in [6.45, 7) is 3.88. The number of rotatable bonds is 6. The van der Waals surface area contributed by atoms with E-state index in [0.717, 1.165) is 32.7 Å². The van der Waals surface area contributed by atoms with Crippen LogP contribution >= 0.6 is 0 Å². The van der Waals surface area contributed by atoms with Gasteiger partial charge in [0.25, 0.3) is 0 Å². The molecule has 0 amide bonds. The molecule has 1 fully saturated rings. The normalized spacial score (nSPS) is 23.0. The summed E-state index contributed by atoms with van der Waals surface area (Å²) in [6, 6.07) is 2.23. The van der Waals surface area contributed by atoms with Gasteiger partial charge in [-0.2, -0.15) is 5.26 Å². The lowest BCUT2D eigenvalue weighted by atomic mass is 10.0. The Morgan fingerprint density at radius 2 is 2.44 bits per heavy atom. The van der Waals surface area contributed by atoms with Crippen LogP contribution in [0.15, 0.2) is 0 Å². The number of hydrogen-bond acceptors (Lipinski definition) is 4. The van der Waals surface area contributed by atoms with Crippen molar-refractivity contribution in [3.05, 3.63) is 0 Å². The molecule has 0 radical (unpaired) electrons. The van der Waals surface area contributed by atoms with Gasteiger partial charge in [0.05, 0.1) is 18.7 Å². The number of nitrogens with one attached hydrogen (secondary N) is 1. The second-order valence-electron chi connectivity index (χ2n) is 4.60. The Hall–Kier alpha value is -0.630. The van der Waals surface area contributed by atoms with E-state index in [4.69, 9.17) is 10.00 Å². The van der Waals surface area contributed by atoms with E-state index in [0.29, 0.717) is 5.92 Å². The monoisotopic (exact) mass is 225 g/mol. The fourth-order valence-corrected chi connectivity index (χ4v) is 2.11. The van der Waals surface area contributed by atoms with Crippen LogP contribution in [0.2, 0.25) is 0 Å². The molecule has 0 spiro atoms. The van der Waals surface area contributed by atoms with Crippen molar-refractivity contribution >= 4 is 0 Å². The van der Waals surface area contributed by atoms with Crippen molar-refractivity contribution in [2.75, 3.05) is 40.4 Å². The second-order valence-corrected chi connectivity index (χ2v) is 4.60. The van der Waals surface area contributed by atoms with Gasteiger partial charge in [0.2, 0.25) is 0 Å². The van der Waals surface area contributed by atoms with Crippen LogP contribution in [-0.2, 0) is 4.74 Å². The Morgan fingerprint density at radius 1 is 1.62 bits per heavy atom. The zero-order valence-electron chi connectivity index (χ0n) is 10.4. The Kier molecular flexibility index (Phi) is 6.39. The lowest BCUT2D eigenvalue weighted by Gasteiger charge is -2.27. The molecule has 1 rings (SSSR count). The Bertz CT molecular complexity index is 221. The molecule has 2 unspecified atom stereocenters. The van der Waals surface area contributed by atoms with Gasteiger partial charge in [-0.05, 0) is 39.3 Å². The summed E-state index contributed by atoms with van der Waals surface area (Å²) in [5.74, 6) is 0.675. The highest BCUT2D eigenvalue weighted by atomic mass is 16.5. The first-order chi connectivity index (χ1) is 7.76. The SMILES string of the molecule is CNC(C#N)CCN(C)CC1CCCOC1. The van der Waals surface area contributed by atoms with Crippen LogP contribution in [0.1, 0.15) is 19.3 Å². The summed E-state index contributed by atoms with van der Waals surface area (Å²) in [4.78, 5) is 2.31. The van der Waals surface area contributed by atoms with Crippen LogP contribution in [-0.4, -0.2) is 51.3 Å². The quantitative estimate of drug-likeness (QED) is 0.728. The van der Waals surface area contributed by atoms with Gasteiger partial charge in [0.1, 0.15) is 0 Å². The van der Waals surface area contributed by atoms with Crippen LogP contribution in [0.3, 0.4) is 0 Å². The standard InChI is InChI=1S/C12H23N3O/c1-14-12(8-13)5-6-15(2)9-11-4-3-7-16-10-11/h11-12,14H,3-7,9-10H2,1-2H3. The molecule has 0 saturated carbocycles. The van der Waals surface area contributed by atoms with Gasteiger partial charge in [-0.15, -0.1) is 0 Å². The zero-order chi connectivity index (χ0) is 11.8. The van der Waals surface area contributed by atoms with E-state index in [9.17, 15) is 0 Å². The molecule has 1 aliphatic heterocycles. The minimum absolute atomic E-state index is 0.0231. The summed E-state index contributed by atoms with van der Waals surface area (Å²) >= 11 is 0. The lowest BCUT2D eigenvalue weighted by molar-refractivity contribution is 0.0418. The molecule has 0 aromatic carbocycles. The average Bonchev–Trinajstić information content (AvgIpc) is 2.31. The highest BCUT2D eigenvalue weighted by molar-refractivity contribution is 4.88. The fourth-order valence-electron chi connectivity index (χ4n) is 2.11. The van der Waals surface area contributed by atoms with Gasteiger partial charge in [0, 0.05) is 19.7 Å². The summed E-state index contributed by atoms with van der Waals surface area (Å²) in [5, 5.41) is 11.8. The summed E-state index contributed by atoms with van der Waals surface area (Å²) < 4.78 is 5.46. The number of hydrogen-bond donors (Lipinski definition) is 1. The van der Waals surface area contributed by atoms with Crippen molar-refractivity contribution in [3.8, 4) is 6.07 Å². The van der Waals surface area contributed by atoms with Crippen LogP contribution in [0, 0.1) is 17.2 Å². The van der Waals surface area contributed by atoms with Crippen LogP contribution in [0.4, 0.5) is 0 Å². The Morgan fingerprint density at radius 3 is 3.00 bits per heavy atom. The molecule has 16 heavy (non-hydrogen) atoms. The minimum Gasteiger partial charge on any atom is -0.381 e. The molecule has 1 saturated heterocycles. The predicted molar refractivity (Wildman–Crippen MR) is 64.1 cm³/mol. The van der Waals surface area contributed by atoms with Gasteiger partial charge in [-0.25, -0.2) is 0 Å². The summed E-state index contributed by atoms with van der Waals surface area (Å²) in [6.07, 6.45) is 3.35. The van der Waals surface area contributed by atoms with E-state index in [1.165, 1.54) is 12.8 Å². The highest BCUT2D eigenvalue weighted by Crippen LogP contribution is 2.14. The minimum atomic E-state index is -0.0231. The van der Waals surface area contributed by atoms with Gasteiger partial charge >= 0.3 is 0 Å². The molecule has 0 aromatic rings. The number of nitrogens with zero attached hydrogens (tertiary/aromatic N) is 2. The highest BCUT2D eigenvalue weighted by Gasteiger charge is 2.16. The van der Waals surface area contributed by atoms with E-state index in [-0.39, 0.29) is 6.04 Å². The molecule has 1 N–H and O–H groups in total. The number of ether oxygens (including phenoxy) is 1. The molecule has 1 aliphatic rings. The van der Waals surface area contributed by atoms with Crippen molar-refractivity contribution in [1.29, 1.82) is 5.26 Å². The zero-order valence-corrected chi connectivity index (χ0v) is 10.4. The van der Waals surface area contributed by atoms with Crippen molar-refractivity contribution in [2.24, 2.45) is 5.92 Å². The molecule has 0 bridgehead atoms. The molecule has 1 heterocycles. The van der Waals surface area contributed by atoms with E-state index in [2.05, 4.69) is 23.3 Å². The maximum absolute atomic E-state index is 8.81. The average molecular weight is 225 g/mol. The molecular weight excluding hydrogens is 202 g/mol. The van der Waals surface area contributed by atoms with Crippen LogP contribution in [0.5, 0.6) is 0 Å². The Labute approximate surface area is 98.6 Å². The maximum atomic E-state index is 8.81. The van der Waals surface area contributed by atoms with E-state index in [1.807, 2.05) is 7.05 Å². The third-order valence-corrected chi connectivity index (χ3v) is 3.13. The molecule has 92 valence electrons. The Balaban J connectivity index is 2.14. The van der Waals surface area contributed by atoms with Gasteiger partial charge in [-0.3, -0.25) is 0 Å². The third-order valence-electron chi connectivity index (χ3n) is 3.13. The largest absolute Gasteiger partial charge is 0.381 e. The number of nitriles is 1. The van der Waals surface area contributed by atoms with Gasteiger partial charge in [-0.1, -0.05) is 0 Å². The van der Waals surface area contributed by atoms with Crippen molar-refractivity contribution in [1.82, 2.24) is 10.2 Å². The molecule has 0 aromatic heterocycles. The third kappa shape index (κ3) is 4.93. The molecule has 0 aliphatic carbocycles. The topological polar surface area (TPSA) is 48.3 Å². The predicted octanol–water partition coefficient (Wildman–Crippen LogP) is 0.846. The van der Waals surface area contributed by atoms with E-state index < -0.39 is 0 Å². The molecule has 4 heteroatoms. The first-order valence-corrected chi connectivity index (χ1v) is 6.09. The first kappa shape index (κ1) is 13.4. The first-order valence-electron chi connectivity index (χ1n) is 6.09. The van der Waals surface area contributed by atoms with Gasteiger partial charge in [0.15, 0.2) is 0 Å². The lowest BCUT2D eigenvalue weighted by Crippen LogP contribution is -2.34. The maximum Gasteiger partial charge on any atom is 0.0962 e. The van der Waals surface area contributed by atoms with Crippen LogP contribution in [0.25, 0.3) is 0 Å².